The largest absolute Gasteiger partial charge is 0.454 e. The average Bonchev–Trinajstić information content (AvgIpc) is 3.88. The number of benzene rings is 10. The van der Waals surface area contributed by atoms with Gasteiger partial charge in [0, 0.05) is 43.7 Å². The van der Waals surface area contributed by atoms with Gasteiger partial charge in [0.2, 0.25) is 0 Å². The summed E-state index contributed by atoms with van der Waals surface area (Å²) in [7, 11) is 0. The third kappa shape index (κ3) is 5.75. The molecule has 2 heterocycles. The molecule has 0 amide bonds. The quantitative estimate of drug-likeness (QED) is 0.143. The number of para-hydroxylation sites is 4. The lowest BCUT2D eigenvalue weighted by Gasteiger charge is -2.31. The van der Waals surface area contributed by atoms with E-state index in [4.69, 9.17) is 8.83 Å². The number of fused-ring (bicyclic) bond motifs is 6. The zero-order chi connectivity index (χ0) is 43.4. The highest BCUT2D eigenvalue weighted by Crippen LogP contribution is 2.53. The Kier molecular flexibility index (Phi) is 8.64. The van der Waals surface area contributed by atoms with Crippen molar-refractivity contribution in [2.24, 2.45) is 0 Å². The van der Waals surface area contributed by atoms with Crippen LogP contribution in [0, 0.1) is 13.8 Å². The predicted octanol–water partition coefficient (Wildman–Crippen LogP) is 18.2. The molecular formula is C60H48N2O2. The van der Waals surface area contributed by atoms with Gasteiger partial charge in [-0.1, -0.05) is 137 Å². The normalized spacial score (nSPS) is 12.2. The molecule has 0 radical (unpaired) electrons. The summed E-state index contributed by atoms with van der Waals surface area (Å²) < 4.78 is 13.6. The first-order chi connectivity index (χ1) is 31.2. The Balaban J connectivity index is 1.21. The molecule has 0 atom stereocenters. The van der Waals surface area contributed by atoms with E-state index in [1.54, 1.807) is 0 Å². The van der Waals surface area contributed by atoms with Crippen molar-refractivity contribution in [2.45, 2.75) is 53.4 Å². The van der Waals surface area contributed by atoms with Gasteiger partial charge in [0.25, 0.3) is 0 Å². The second kappa shape index (κ2) is 14.5. The highest BCUT2D eigenvalue weighted by molar-refractivity contribution is 6.30. The third-order valence-corrected chi connectivity index (χ3v) is 13.4. The lowest BCUT2D eigenvalue weighted by molar-refractivity contribution is 0.668. The van der Waals surface area contributed by atoms with Crippen LogP contribution < -0.4 is 9.80 Å². The number of rotatable bonds is 8. The molecular weight excluding hydrogens is 781 g/mol. The number of furan rings is 2. The van der Waals surface area contributed by atoms with E-state index in [0.29, 0.717) is 0 Å². The zero-order valence-corrected chi connectivity index (χ0v) is 37.0. The van der Waals surface area contributed by atoms with Gasteiger partial charge < -0.3 is 18.6 Å². The monoisotopic (exact) mass is 828 g/mol. The maximum atomic E-state index is 6.81. The van der Waals surface area contributed by atoms with Crippen LogP contribution in [-0.4, -0.2) is 0 Å². The van der Waals surface area contributed by atoms with Crippen LogP contribution in [-0.2, 0) is 0 Å². The van der Waals surface area contributed by atoms with Crippen LogP contribution in [0.25, 0.3) is 76.2 Å². The standard InChI is InChI=1S/C60H48N2O2/c1-35(2)49-33-53(61(39-17-11-15-37(5)31-39)51-23-13-21-45-41-19-7-9-25-55(41)63-59(45)51)47-30-28-44-50(36(3)4)34-54(48-29-27-43(49)57(47)58(44)48)62(40-18-12-16-38(6)32-40)52-24-14-22-46-42-20-8-10-26-56(42)64-60(46)52/h7-36H,1-6H3. The molecule has 0 aliphatic carbocycles. The summed E-state index contributed by atoms with van der Waals surface area (Å²) >= 11 is 0. The van der Waals surface area contributed by atoms with Crippen LogP contribution in [0.5, 0.6) is 0 Å². The summed E-state index contributed by atoms with van der Waals surface area (Å²) in [5.41, 5.74) is 15.0. The number of hydrogen-bond donors (Lipinski definition) is 0. The summed E-state index contributed by atoms with van der Waals surface area (Å²) in [6.45, 7) is 13.6. The van der Waals surface area contributed by atoms with Crippen LogP contribution >= 0.6 is 0 Å². The van der Waals surface area contributed by atoms with Crippen LogP contribution in [0.15, 0.2) is 179 Å². The summed E-state index contributed by atoms with van der Waals surface area (Å²) in [4.78, 5) is 4.89. The molecule has 64 heavy (non-hydrogen) atoms. The fraction of sp³-hybridized carbons (Fsp3) is 0.133. The van der Waals surface area contributed by atoms with Crippen molar-refractivity contribution in [3.05, 3.63) is 192 Å². The van der Waals surface area contributed by atoms with Gasteiger partial charge in [0.1, 0.15) is 11.2 Å². The van der Waals surface area contributed by atoms with Gasteiger partial charge in [-0.15, -0.1) is 0 Å². The van der Waals surface area contributed by atoms with E-state index >= 15 is 0 Å². The van der Waals surface area contributed by atoms with Crippen molar-refractivity contribution < 1.29 is 8.83 Å². The summed E-state index contributed by atoms with van der Waals surface area (Å²) in [5, 5.41) is 12.0. The molecule has 0 aliphatic heterocycles. The molecule has 0 unspecified atom stereocenters. The molecule has 0 bridgehead atoms. The number of hydrogen-bond acceptors (Lipinski definition) is 4. The molecule has 0 aliphatic rings. The molecule has 12 aromatic rings. The molecule has 0 N–H and O–H groups in total. The smallest absolute Gasteiger partial charge is 0.159 e. The lowest BCUT2D eigenvalue weighted by Crippen LogP contribution is -2.13. The van der Waals surface area contributed by atoms with Crippen molar-refractivity contribution in [3.8, 4) is 0 Å². The van der Waals surface area contributed by atoms with E-state index in [2.05, 4.69) is 221 Å². The van der Waals surface area contributed by atoms with Crippen molar-refractivity contribution in [1.29, 1.82) is 0 Å². The average molecular weight is 829 g/mol. The maximum absolute atomic E-state index is 6.81. The van der Waals surface area contributed by atoms with E-state index in [1.807, 2.05) is 0 Å². The molecule has 0 spiro atoms. The van der Waals surface area contributed by atoms with Gasteiger partial charge in [-0.2, -0.15) is 0 Å². The first kappa shape index (κ1) is 38.1. The highest BCUT2D eigenvalue weighted by Gasteiger charge is 2.28. The van der Waals surface area contributed by atoms with Gasteiger partial charge in [-0.3, -0.25) is 0 Å². The second-order valence-corrected chi connectivity index (χ2v) is 18.2. The van der Waals surface area contributed by atoms with E-state index in [9.17, 15) is 0 Å². The van der Waals surface area contributed by atoms with Crippen LogP contribution in [0.4, 0.5) is 34.1 Å². The molecule has 0 fully saturated rings. The summed E-state index contributed by atoms with van der Waals surface area (Å²) in [6, 6.07) is 62.0. The minimum absolute atomic E-state index is 0.253. The molecule has 10 aromatic carbocycles. The lowest BCUT2D eigenvalue weighted by atomic mass is 9.84. The first-order valence-corrected chi connectivity index (χ1v) is 22.6. The van der Waals surface area contributed by atoms with Gasteiger partial charge in [-0.05, 0) is 130 Å². The molecule has 0 saturated carbocycles. The van der Waals surface area contributed by atoms with Crippen LogP contribution in [0.3, 0.4) is 0 Å². The third-order valence-electron chi connectivity index (χ3n) is 13.4. The Morgan fingerprint density at radius 2 is 0.734 bits per heavy atom. The zero-order valence-electron chi connectivity index (χ0n) is 37.0. The number of aryl methyl sites for hydroxylation is 2. The van der Waals surface area contributed by atoms with Crippen molar-refractivity contribution in [3.63, 3.8) is 0 Å². The Morgan fingerprint density at radius 1 is 0.344 bits per heavy atom. The summed E-state index contributed by atoms with van der Waals surface area (Å²) in [6.07, 6.45) is 0. The maximum Gasteiger partial charge on any atom is 0.159 e. The molecule has 12 rings (SSSR count). The highest BCUT2D eigenvalue weighted by atomic mass is 16.3. The van der Waals surface area contributed by atoms with Gasteiger partial charge in [-0.25, -0.2) is 0 Å². The first-order valence-electron chi connectivity index (χ1n) is 22.6. The topological polar surface area (TPSA) is 32.8 Å². The molecule has 4 heteroatoms. The summed E-state index contributed by atoms with van der Waals surface area (Å²) in [5.74, 6) is 0.506. The van der Waals surface area contributed by atoms with E-state index < -0.39 is 0 Å². The Hall–Kier alpha value is -7.56. The second-order valence-electron chi connectivity index (χ2n) is 18.2. The van der Waals surface area contributed by atoms with Crippen molar-refractivity contribution in [2.75, 3.05) is 9.80 Å². The molecule has 0 saturated heterocycles. The molecule has 4 nitrogen and oxygen atoms in total. The SMILES string of the molecule is Cc1cccc(N(c2cc(C(C)C)c3ccc4c(N(c5cccc(C)c5)c5cccc6c5oc5ccccc56)cc(C(C)C)c5ccc2c3c54)c2cccc3c2oc2ccccc23)c1. The van der Waals surface area contributed by atoms with E-state index in [-0.39, 0.29) is 11.8 Å². The van der Waals surface area contributed by atoms with Gasteiger partial charge >= 0.3 is 0 Å². The predicted molar refractivity (Wildman–Crippen MR) is 272 cm³/mol. The fourth-order valence-electron chi connectivity index (χ4n) is 10.5. The van der Waals surface area contributed by atoms with Gasteiger partial charge in [0.15, 0.2) is 11.2 Å². The van der Waals surface area contributed by atoms with Crippen molar-refractivity contribution in [1.82, 2.24) is 0 Å². The van der Waals surface area contributed by atoms with E-state index in [0.717, 1.165) is 78.0 Å². The minimum Gasteiger partial charge on any atom is -0.454 e. The fourth-order valence-corrected chi connectivity index (χ4v) is 10.5. The Morgan fingerprint density at radius 3 is 1.16 bits per heavy atom. The Labute approximate surface area is 372 Å². The Bertz CT molecular complexity index is 3540. The van der Waals surface area contributed by atoms with Gasteiger partial charge in [0.05, 0.1) is 22.7 Å². The van der Waals surface area contributed by atoms with Crippen molar-refractivity contribution >= 4 is 110 Å². The number of nitrogens with zero attached hydrogens (tertiary/aromatic N) is 2. The molecule has 310 valence electrons. The molecule has 2 aromatic heterocycles. The van der Waals surface area contributed by atoms with Crippen LogP contribution in [0.1, 0.15) is 61.8 Å². The van der Waals surface area contributed by atoms with E-state index in [1.165, 1.54) is 54.6 Å². The van der Waals surface area contributed by atoms with Crippen LogP contribution in [0.2, 0.25) is 0 Å². The minimum atomic E-state index is 0.253. The number of anilines is 6.